The summed E-state index contributed by atoms with van der Waals surface area (Å²) >= 11 is 5.58. The lowest BCUT2D eigenvalue weighted by Crippen LogP contribution is -2.43. The van der Waals surface area contributed by atoms with Crippen LogP contribution in [0.4, 0.5) is 0 Å². The fourth-order valence-electron chi connectivity index (χ4n) is 1.51. The van der Waals surface area contributed by atoms with Gasteiger partial charge in [0.2, 0.25) is 5.91 Å². The van der Waals surface area contributed by atoms with Gasteiger partial charge >= 0.3 is 0 Å². The number of halogens is 1. The zero-order chi connectivity index (χ0) is 10.0. The zero-order valence-electron chi connectivity index (χ0n) is 8.59. The molecule has 13 heavy (non-hydrogen) atoms. The highest BCUT2D eigenvalue weighted by Gasteiger charge is 2.35. The first-order chi connectivity index (χ1) is 6.07. The number of nitrogens with zero attached hydrogens (tertiary/aromatic N) is 1. The predicted molar refractivity (Wildman–Crippen MR) is 54.9 cm³/mol. The molecule has 1 aliphatic rings. The van der Waals surface area contributed by atoms with Crippen LogP contribution in [0, 0.1) is 5.92 Å². The number of rotatable bonds is 4. The highest BCUT2D eigenvalue weighted by Crippen LogP contribution is 2.30. The summed E-state index contributed by atoms with van der Waals surface area (Å²) in [6, 6.07) is 0.794. The SMILES string of the molecule is CC(C)C(C)N(C(=O)CCl)C1CC1. The Kier molecular flexibility index (Phi) is 3.60. The molecule has 0 saturated heterocycles. The van der Waals surface area contributed by atoms with E-state index in [1.54, 1.807) is 0 Å². The molecule has 1 saturated carbocycles. The maximum atomic E-state index is 11.5. The Bertz CT molecular complexity index is 189. The molecule has 76 valence electrons. The molecule has 0 aromatic carbocycles. The minimum Gasteiger partial charge on any atom is -0.336 e. The molecule has 1 rings (SSSR count). The molecule has 0 aliphatic heterocycles. The first-order valence-electron chi connectivity index (χ1n) is 4.95. The fourth-order valence-corrected chi connectivity index (χ4v) is 1.64. The molecule has 0 N–H and O–H groups in total. The van der Waals surface area contributed by atoms with Gasteiger partial charge in [-0.1, -0.05) is 13.8 Å². The Hall–Kier alpha value is -0.240. The molecule has 0 aromatic rings. The van der Waals surface area contributed by atoms with Crippen molar-refractivity contribution >= 4 is 17.5 Å². The van der Waals surface area contributed by atoms with E-state index in [1.807, 2.05) is 4.90 Å². The molecule has 0 spiro atoms. The van der Waals surface area contributed by atoms with Crippen molar-refractivity contribution in [1.82, 2.24) is 4.90 Å². The van der Waals surface area contributed by atoms with Gasteiger partial charge in [0.15, 0.2) is 0 Å². The Morgan fingerprint density at radius 1 is 1.46 bits per heavy atom. The number of amides is 1. The second-order valence-corrected chi connectivity index (χ2v) is 4.42. The summed E-state index contributed by atoms with van der Waals surface area (Å²) in [6.07, 6.45) is 2.30. The number of alkyl halides is 1. The maximum Gasteiger partial charge on any atom is 0.237 e. The molecule has 1 aliphatic carbocycles. The zero-order valence-corrected chi connectivity index (χ0v) is 9.34. The molecular weight excluding hydrogens is 186 g/mol. The molecule has 0 radical (unpaired) electrons. The van der Waals surface area contributed by atoms with Crippen molar-refractivity contribution in [3.05, 3.63) is 0 Å². The van der Waals surface area contributed by atoms with Gasteiger partial charge in [-0.15, -0.1) is 11.6 Å². The van der Waals surface area contributed by atoms with Crippen LogP contribution in [0.5, 0.6) is 0 Å². The van der Waals surface area contributed by atoms with E-state index in [-0.39, 0.29) is 11.8 Å². The van der Waals surface area contributed by atoms with Gasteiger partial charge < -0.3 is 4.90 Å². The summed E-state index contributed by atoms with van der Waals surface area (Å²) in [4.78, 5) is 13.5. The second kappa shape index (κ2) is 4.32. The smallest absolute Gasteiger partial charge is 0.237 e. The van der Waals surface area contributed by atoms with Gasteiger partial charge in [-0.2, -0.15) is 0 Å². The molecule has 1 amide bonds. The van der Waals surface area contributed by atoms with Crippen LogP contribution in [0.2, 0.25) is 0 Å². The van der Waals surface area contributed by atoms with Crippen LogP contribution in [0.3, 0.4) is 0 Å². The van der Waals surface area contributed by atoms with E-state index in [9.17, 15) is 4.79 Å². The lowest BCUT2D eigenvalue weighted by Gasteiger charge is -2.31. The standard InChI is InChI=1S/C10H18ClNO/c1-7(2)8(3)12(9-4-5-9)10(13)6-11/h7-9H,4-6H2,1-3H3. The molecule has 1 atom stereocenters. The number of carbonyl (C=O) groups is 1. The topological polar surface area (TPSA) is 20.3 Å². The van der Waals surface area contributed by atoms with E-state index in [1.165, 1.54) is 0 Å². The van der Waals surface area contributed by atoms with Gasteiger partial charge in [0.05, 0.1) is 0 Å². The van der Waals surface area contributed by atoms with Crippen molar-refractivity contribution in [1.29, 1.82) is 0 Å². The molecule has 1 fully saturated rings. The number of hydrogen-bond donors (Lipinski definition) is 0. The van der Waals surface area contributed by atoms with Crippen molar-refractivity contribution in [2.24, 2.45) is 5.92 Å². The van der Waals surface area contributed by atoms with E-state index < -0.39 is 0 Å². The summed E-state index contributed by atoms with van der Waals surface area (Å²) in [7, 11) is 0. The Morgan fingerprint density at radius 3 is 2.31 bits per heavy atom. The average Bonchev–Trinajstić information content (AvgIpc) is 2.88. The maximum absolute atomic E-state index is 11.5. The summed E-state index contributed by atoms with van der Waals surface area (Å²) in [5.74, 6) is 0.714. The quantitative estimate of drug-likeness (QED) is 0.642. The highest BCUT2D eigenvalue weighted by atomic mass is 35.5. The van der Waals surface area contributed by atoms with Gasteiger partial charge in [0, 0.05) is 12.1 Å². The van der Waals surface area contributed by atoms with Gasteiger partial charge in [-0.25, -0.2) is 0 Å². The molecule has 3 heteroatoms. The van der Waals surface area contributed by atoms with Crippen LogP contribution in [-0.2, 0) is 4.79 Å². The molecular formula is C10H18ClNO. The third kappa shape index (κ3) is 2.60. The summed E-state index contributed by atoms with van der Waals surface area (Å²) < 4.78 is 0. The van der Waals surface area contributed by atoms with E-state index >= 15 is 0 Å². The third-order valence-corrected chi connectivity index (χ3v) is 2.97. The van der Waals surface area contributed by atoms with Gasteiger partial charge in [0.25, 0.3) is 0 Å². The van der Waals surface area contributed by atoms with Crippen molar-refractivity contribution in [3.63, 3.8) is 0 Å². The normalized spacial score (nSPS) is 18.8. The van der Waals surface area contributed by atoms with Crippen molar-refractivity contribution < 1.29 is 4.79 Å². The Morgan fingerprint density at radius 2 is 2.00 bits per heavy atom. The predicted octanol–water partition coefficient (Wildman–Crippen LogP) is 2.26. The number of hydrogen-bond acceptors (Lipinski definition) is 1. The molecule has 1 unspecified atom stereocenters. The van der Waals surface area contributed by atoms with Crippen LogP contribution in [0.1, 0.15) is 33.6 Å². The average molecular weight is 204 g/mol. The fraction of sp³-hybridized carbons (Fsp3) is 0.900. The second-order valence-electron chi connectivity index (χ2n) is 4.15. The highest BCUT2D eigenvalue weighted by molar-refractivity contribution is 6.27. The van der Waals surface area contributed by atoms with E-state index in [0.717, 1.165) is 12.8 Å². The summed E-state index contributed by atoms with van der Waals surface area (Å²) in [5.41, 5.74) is 0. The first-order valence-corrected chi connectivity index (χ1v) is 5.48. The van der Waals surface area contributed by atoms with Crippen LogP contribution in [-0.4, -0.2) is 28.8 Å². The van der Waals surface area contributed by atoms with Crippen molar-refractivity contribution in [2.75, 3.05) is 5.88 Å². The first kappa shape index (κ1) is 10.8. The molecule has 2 nitrogen and oxygen atoms in total. The minimum atomic E-state index is 0.0883. The lowest BCUT2D eigenvalue weighted by atomic mass is 10.0. The molecule has 0 bridgehead atoms. The lowest BCUT2D eigenvalue weighted by molar-refractivity contribution is -0.132. The summed E-state index contributed by atoms with van der Waals surface area (Å²) in [6.45, 7) is 6.39. The monoisotopic (exact) mass is 203 g/mol. The van der Waals surface area contributed by atoms with Crippen LogP contribution < -0.4 is 0 Å². The number of carbonyl (C=O) groups excluding carboxylic acids is 1. The van der Waals surface area contributed by atoms with Crippen molar-refractivity contribution in [2.45, 2.75) is 45.7 Å². The van der Waals surface area contributed by atoms with Gasteiger partial charge in [-0.3, -0.25) is 4.79 Å². The Balaban J connectivity index is 2.61. The summed E-state index contributed by atoms with van der Waals surface area (Å²) in [5, 5.41) is 0. The van der Waals surface area contributed by atoms with Crippen LogP contribution in [0.15, 0.2) is 0 Å². The third-order valence-electron chi connectivity index (χ3n) is 2.75. The molecule has 0 aromatic heterocycles. The Labute approximate surface area is 85.2 Å². The van der Waals surface area contributed by atoms with E-state index in [2.05, 4.69) is 20.8 Å². The largest absolute Gasteiger partial charge is 0.336 e. The van der Waals surface area contributed by atoms with Gasteiger partial charge in [0.1, 0.15) is 5.88 Å². The van der Waals surface area contributed by atoms with Crippen LogP contribution in [0.25, 0.3) is 0 Å². The van der Waals surface area contributed by atoms with E-state index in [4.69, 9.17) is 11.6 Å². The van der Waals surface area contributed by atoms with Gasteiger partial charge in [-0.05, 0) is 25.7 Å². The van der Waals surface area contributed by atoms with Crippen LogP contribution >= 0.6 is 11.6 Å². The van der Waals surface area contributed by atoms with E-state index in [0.29, 0.717) is 18.0 Å². The van der Waals surface area contributed by atoms with Crippen molar-refractivity contribution in [3.8, 4) is 0 Å². The molecule has 0 heterocycles. The minimum absolute atomic E-state index is 0.0883.